The highest BCUT2D eigenvalue weighted by Crippen LogP contribution is 2.45. The van der Waals surface area contributed by atoms with Crippen molar-refractivity contribution in [1.29, 1.82) is 0 Å². The normalized spacial score (nSPS) is 16.1. The smallest absolute Gasteiger partial charge is 0.449 e. The van der Waals surface area contributed by atoms with E-state index in [1.54, 1.807) is 0 Å². The van der Waals surface area contributed by atoms with Gasteiger partial charge in [0.25, 0.3) is 0 Å². The zero-order valence-corrected chi connectivity index (χ0v) is 31.6. The van der Waals surface area contributed by atoms with Crippen molar-refractivity contribution in [2.75, 3.05) is 6.61 Å². The lowest BCUT2D eigenvalue weighted by molar-refractivity contribution is -0.134. The molecule has 1 aliphatic heterocycles. The number of amides is 2. The Morgan fingerprint density at radius 1 is 0.782 bits per heavy atom. The molecule has 0 aromatic heterocycles. The van der Waals surface area contributed by atoms with Crippen LogP contribution in [0, 0.1) is 5.92 Å². The third kappa shape index (κ3) is 7.42. The molecule has 0 radical (unpaired) electrons. The number of carbonyl (C=O) groups excluding carboxylic acids is 2. The molecule has 2 amide bonds. The van der Waals surface area contributed by atoms with Gasteiger partial charge in [0, 0.05) is 23.7 Å². The maximum atomic E-state index is 14.6. The molecular weight excluding hydrogens is 685 g/mol. The summed E-state index contributed by atoms with van der Waals surface area (Å²) < 4.78 is 5.94. The molecule has 0 spiro atoms. The number of nitrogens with one attached hydrogen (secondary N) is 2. The minimum atomic E-state index is -1.82. The van der Waals surface area contributed by atoms with Crippen LogP contribution in [0.5, 0.6) is 0 Å². The van der Waals surface area contributed by atoms with E-state index in [1.165, 1.54) is 4.90 Å². The van der Waals surface area contributed by atoms with Crippen molar-refractivity contribution in [3.8, 4) is 11.1 Å². The molecule has 0 unspecified atom stereocenters. The van der Waals surface area contributed by atoms with Crippen molar-refractivity contribution in [1.82, 2.24) is 15.5 Å². The van der Waals surface area contributed by atoms with E-state index in [1.807, 2.05) is 99.6 Å². The van der Waals surface area contributed by atoms with Gasteiger partial charge in [0.05, 0.1) is 5.94 Å². The van der Waals surface area contributed by atoms with Gasteiger partial charge in [-0.1, -0.05) is 160 Å². The largest absolute Gasteiger partial charge is 0.476 e. The second kappa shape index (κ2) is 16.4. The minimum Gasteiger partial charge on any atom is -0.449 e. The topological polar surface area (TPSA) is 111 Å². The SMILES string of the molecule is CCC1=C(NC(c2ccccc2)(c2ccccc2)c2ccccc2)C[C@H](NC(=O)OCC2c3ccccc3-c3ccccc32)C(=O)N1[C@@H](CC(C)C)B(O)O. The van der Waals surface area contributed by atoms with Crippen LogP contribution in [0.15, 0.2) is 151 Å². The van der Waals surface area contributed by atoms with E-state index in [0.29, 0.717) is 24.2 Å². The van der Waals surface area contributed by atoms with Gasteiger partial charge in [0.15, 0.2) is 0 Å². The van der Waals surface area contributed by atoms with Crippen LogP contribution < -0.4 is 10.6 Å². The summed E-state index contributed by atoms with van der Waals surface area (Å²) in [6.45, 7) is 6.02. The molecule has 8 nitrogen and oxygen atoms in total. The van der Waals surface area contributed by atoms with Gasteiger partial charge in [-0.2, -0.15) is 0 Å². The van der Waals surface area contributed by atoms with Gasteiger partial charge in [-0.05, 0) is 57.7 Å². The van der Waals surface area contributed by atoms with Crippen molar-refractivity contribution in [3.63, 3.8) is 0 Å². The molecule has 2 atom stereocenters. The molecule has 1 aliphatic carbocycles. The molecule has 0 fully saturated rings. The number of rotatable bonds is 13. The first kappa shape index (κ1) is 37.7. The van der Waals surface area contributed by atoms with E-state index in [2.05, 4.69) is 71.3 Å². The van der Waals surface area contributed by atoms with Crippen molar-refractivity contribution in [2.24, 2.45) is 5.92 Å². The fraction of sp³-hybridized carbons (Fsp3) is 0.261. The van der Waals surface area contributed by atoms with E-state index >= 15 is 0 Å². The Morgan fingerprint density at radius 3 is 1.71 bits per heavy atom. The standard InChI is InChI=1S/C46H48BN3O5/c1-4-42-40(49-46(32-18-8-5-9-19-32,33-20-10-6-11-21-33)34-22-12-7-13-23-34)29-41(44(51)50(42)43(47(53)54)28-31(2)3)48-45(52)55-30-39-37-26-16-14-24-35(37)36-25-15-17-27-38(36)39/h5-27,31,39,41,43,49,53-54H,4,28-30H2,1-3H3,(H,48,52)/t41-,43-/m0/s1. The Morgan fingerprint density at radius 2 is 1.25 bits per heavy atom. The van der Waals surface area contributed by atoms with Crippen molar-refractivity contribution < 1.29 is 24.4 Å². The summed E-state index contributed by atoms with van der Waals surface area (Å²) >= 11 is 0. The zero-order chi connectivity index (χ0) is 38.5. The number of nitrogens with zero attached hydrogens (tertiary/aromatic N) is 1. The van der Waals surface area contributed by atoms with Gasteiger partial charge in [-0.25, -0.2) is 4.79 Å². The Bertz CT molecular complexity index is 2000. The highest BCUT2D eigenvalue weighted by molar-refractivity contribution is 6.43. The van der Waals surface area contributed by atoms with Crippen molar-refractivity contribution in [3.05, 3.63) is 179 Å². The van der Waals surface area contributed by atoms with Gasteiger partial charge >= 0.3 is 13.2 Å². The Kier molecular flexibility index (Phi) is 11.2. The predicted octanol–water partition coefficient (Wildman–Crippen LogP) is 7.76. The molecule has 280 valence electrons. The second-order valence-corrected chi connectivity index (χ2v) is 14.8. The predicted molar refractivity (Wildman–Crippen MR) is 217 cm³/mol. The van der Waals surface area contributed by atoms with Crippen molar-refractivity contribution >= 4 is 19.1 Å². The van der Waals surface area contributed by atoms with Gasteiger partial charge < -0.3 is 30.3 Å². The van der Waals surface area contributed by atoms with Crippen molar-refractivity contribution in [2.45, 2.75) is 63.5 Å². The highest BCUT2D eigenvalue weighted by Gasteiger charge is 2.46. The summed E-state index contributed by atoms with van der Waals surface area (Å²) in [6, 6.07) is 45.7. The fourth-order valence-electron chi connectivity index (χ4n) is 8.47. The fourth-order valence-corrected chi connectivity index (χ4v) is 8.47. The van der Waals surface area contributed by atoms with Crippen LogP contribution in [-0.4, -0.2) is 52.7 Å². The second-order valence-electron chi connectivity index (χ2n) is 14.8. The summed E-state index contributed by atoms with van der Waals surface area (Å²) in [6.07, 6.45) is 0.165. The maximum Gasteiger partial charge on any atom is 0.476 e. The average Bonchev–Trinajstić information content (AvgIpc) is 3.53. The lowest BCUT2D eigenvalue weighted by atomic mass is 9.72. The zero-order valence-electron chi connectivity index (χ0n) is 31.6. The molecule has 5 aromatic rings. The monoisotopic (exact) mass is 733 g/mol. The van der Waals surface area contributed by atoms with Crippen LogP contribution in [0.25, 0.3) is 11.1 Å². The number of hydrogen-bond donors (Lipinski definition) is 4. The lowest BCUT2D eigenvalue weighted by Gasteiger charge is -2.45. The Hall–Kier alpha value is -5.64. The summed E-state index contributed by atoms with van der Waals surface area (Å²) in [4.78, 5) is 29.9. The molecule has 9 heteroatoms. The summed E-state index contributed by atoms with van der Waals surface area (Å²) in [5.41, 5.74) is 7.76. The molecular formula is C46H48BN3O5. The highest BCUT2D eigenvalue weighted by atomic mass is 16.5. The first-order valence-electron chi connectivity index (χ1n) is 19.2. The first-order valence-corrected chi connectivity index (χ1v) is 19.2. The third-order valence-corrected chi connectivity index (χ3v) is 10.9. The summed E-state index contributed by atoms with van der Waals surface area (Å²) in [7, 11) is -1.82. The molecule has 4 N–H and O–H groups in total. The number of hydrogen-bond acceptors (Lipinski definition) is 6. The van der Waals surface area contributed by atoms with E-state index in [4.69, 9.17) is 4.74 Å². The third-order valence-electron chi connectivity index (χ3n) is 10.9. The number of ether oxygens (including phenoxy) is 1. The van der Waals surface area contributed by atoms with Crippen LogP contribution >= 0.6 is 0 Å². The lowest BCUT2D eigenvalue weighted by Crippen LogP contribution is -2.60. The summed E-state index contributed by atoms with van der Waals surface area (Å²) in [5.74, 6) is -1.48. The quantitative estimate of drug-likeness (QED) is 0.0728. The molecule has 55 heavy (non-hydrogen) atoms. The average molecular weight is 734 g/mol. The molecule has 5 aromatic carbocycles. The summed E-state index contributed by atoms with van der Waals surface area (Å²) in [5, 5.41) is 28.5. The molecule has 1 heterocycles. The molecule has 0 bridgehead atoms. The van der Waals surface area contributed by atoms with Crippen LogP contribution in [-0.2, 0) is 15.1 Å². The van der Waals surface area contributed by atoms with Crippen LogP contribution in [0.1, 0.15) is 73.8 Å². The van der Waals surface area contributed by atoms with E-state index < -0.39 is 36.6 Å². The molecule has 0 saturated heterocycles. The van der Waals surface area contributed by atoms with Crippen LogP contribution in [0.3, 0.4) is 0 Å². The van der Waals surface area contributed by atoms with E-state index in [9.17, 15) is 19.6 Å². The Balaban J connectivity index is 1.28. The maximum absolute atomic E-state index is 14.6. The van der Waals surface area contributed by atoms with E-state index in [-0.39, 0.29) is 24.9 Å². The first-order chi connectivity index (χ1) is 26.7. The Labute approximate surface area is 324 Å². The number of fused-ring (bicyclic) bond motifs is 3. The van der Waals surface area contributed by atoms with Gasteiger partial charge in [-0.15, -0.1) is 0 Å². The van der Waals surface area contributed by atoms with E-state index in [0.717, 1.165) is 38.9 Å². The van der Waals surface area contributed by atoms with Gasteiger partial charge in [0.1, 0.15) is 18.2 Å². The van der Waals surface area contributed by atoms with Crippen LogP contribution in [0.2, 0.25) is 0 Å². The molecule has 2 aliphatic rings. The van der Waals surface area contributed by atoms with Gasteiger partial charge in [-0.3, -0.25) is 4.79 Å². The number of carbonyl (C=O) groups is 2. The molecule has 0 saturated carbocycles. The number of alkyl carbamates (subject to hydrolysis) is 1. The van der Waals surface area contributed by atoms with Crippen LogP contribution in [0.4, 0.5) is 4.79 Å². The number of benzene rings is 5. The minimum absolute atomic E-state index is 0.0432. The molecule has 7 rings (SSSR count). The number of allylic oxidation sites excluding steroid dienone is 1. The van der Waals surface area contributed by atoms with Gasteiger partial charge in [0.2, 0.25) is 5.91 Å².